The van der Waals surface area contributed by atoms with Gasteiger partial charge in [0.2, 0.25) is 0 Å². The Hall–Kier alpha value is -2.92. The number of hydrogen-bond acceptors (Lipinski definition) is 4. The Morgan fingerprint density at radius 2 is 1.67 bits per heavy atom. The molecule has 0 atom stereocenters. The van der Waals surface area contributed by atoms with Crippen LogP contribution >= 0.6 is 11.6 Å². The van der Waals surface area contributed by atoms with Crippen molar-refractivity contribution in [3.8, 4) is 28.3 Å². The van der Waals surface area contributed by atoms with Crippen molar-refractivity contribution in [3.63, 3.8) is 0 Å². The van der Waals surface area contributed by atoms with Gasteiger partial charge < -0.3 is 4.74 Å². The van der Waals surface area contributed by atoms with E-state index in [1.807, 2.05) is 54.6 Å². The number of ether oxygens (including phenoxy) is 1. The molecule has 0 fully saturated rings. The molecule has 0 unspecified atom stereocenters. The first kappa shape index (κ1) is 14.7. The van der Waals surface area contributed by atoms with E-state index >= 15 is 0 Å². The number of rotatable bonds is 3. The van der Waals surface area contributed by atoms with Gasteiger partial charge in [0, 0.05) is 16.1 Å². The minimum atomic E-state index is 0.549. The molecule has 2 aromatic carbocycles. The molecule has 4 rings (SSSR count). The highest BCUT2D eigenvalue weighted by atomic mass is 35.5. The lowest BCUT2D eigenvalue weighted by molar-refractivity contribution is 0.415. The number of aromatic nitrogens is 4. The summed E-state index contributed by atoms with van der Waals surface area (Å²) in [7, 11) is 1.65. The highest BCUT2D eigenvalue weighted by Gasteiger charge is 2.11. The van der Waals surface area contributed by atoms with Crippen LogP contribution in [0.4, 0.5) is 0 Å². The van der Waals surface area contributed by atoms with Crippen molar-refractivity contribution >= 4 is 17.4 Å². The second-order valence-electron chi connectivity index (χ2n) is 5.23. The molecular weight excluding hydrogens is 324 g/mol. The SMILES string of the molecule is COc1ccc(-c2cc(-c3ccc(Cl)cc3)nc3ncnn23)cc1. The van der Waals surface area contributed by atoms with E-state index in [0.717, 1.165) is 28.3 Å². The number of halogens is 1. The monoisotopic (exact) mass is 336 g/mol. The van der Waals surface area contributed by atoms with Gasteiger partial charge in [-0.05, 0) is 42.5 Å². The Balaban J connectivity index is 1.90. The maximum absolute atomic E-state index is 5.97. The second kappa shape index (κ2) is 5.94. The number of hydrogen-bond donors (Lipinski definition) is 0. The van der Waals surface area contributed by atoms with E-state index < -0.39 is 0 Å². The molecule has 0 spiro atoms. The van der Waals surface area contributed by atoms with Crippen LogP contribution in [-0.4, -0.2) is 26.7 Å². The third-order valence-corrected chi connectivity index (χ3v) is 4.03. The van der Waals surface area contributed by atoms with Crippen LogP contribution < -0.4 is 4.74 Å². The van der Waals surface area contributed by atoms with Gasteiger partial charge in [0.15, 0.2) is 0 Å². The summed E-state index contributed by atoms with van der Waals surface area (Å²) >= 11 is 5.97. The van der Waals surface area contributed by atoms with Crippen molar-refractivity contribution < 1.29 is 4.74 Å². The average molecular weight is 337 g/mol. The second-order valence-corrected chi connectivity index (χ2v) is 5.67. The molecule has 2 heterocycles. The van der Waals surface area contributed by atoms with Gasteiger partial charge >= 0.3 is 0 Å². The fraction of sp³-hybridized carbons (Fsp3) is 0.0556. The highest BCUT2D eigenvalue weighted by molar-refractivity contribution is 6.30. The lowest BCUT2D eigenvalue weighted by Crippen LogP contribution is -1.98. The van der Waals surface area contributed by atoms with Gasteiger partial charge in [-0.25, -0.2) is 4.98 Å². The van der Waals surface area contributed by atoms with Gasteiger partial charge in [-0.3, -0.25) is 0 Å². The third kappa shape index (κ3) is 2.59. The lowest BCUT2D eigenvalue weighted by Gasteiger charge is -2.08. The van der Waals surface area contributed by atoms with Gasteiger partial charge in [-0.2, -0.15) is 14.6 Å². The van der Waals surface area contributed by atoms with E-state index in [-0.39, 0.29) is 0 Å². The summed E-state index contributed by atoms with van der Waals surface area (Å²) in [5.41, 5.74) is 3.70. The molecule has 0 amide bonds. The smallest absolute Gasteiger partial charge is 0.253 e. The molecule has 0 saturated carbocycles. The highest BCUT2D eigenvalue weighted by Crippen LogP contribution is 2.27. The zero-order valence-corrected chi connectivity index (χ0v) is 13.6. The summed E-state index contributed by atoms with van der Waals surface area (Å²) in [6, 6.07) is 17.4. The molecule has 118 valence electrons. The molecule has 2 aromatic heterocycles. The first-order valence-electron chi connectivity index (χ1n) is 7.36. The lowest BCUT2D eigenvalue weighted by atomic mass is 10.1. The maximum Gasteiger partial charge on any atom is 0.253 e. The van der Waals surface area contributed by atoms with Crippen molar-refractivity contribution in [2.75, 3.05) is 7.11 Å². The molecule has 0 radical (unpaired) electrons. The van der Waals surface area contributed by atoms with Gasteiger partial charge in [0.05, 0.1) is 18.5 Å². The van der Waals surface area contributed by atoms with Crippen LogP contribution in [0, 0.1) is 0 Å². The molecule has 4 aromatic rings. The van der Waals surface area contributed by atoms with E-state index in [4.69, 9.17) is 16.3 Å². The molecule has 0 aliphatic rings. The largest absolute Gasteiger partial charge is 0.497 e. The standard InChI is InChI=1S/C18H13ClN4O/c1-24-15-8-4-13(5-9-15)17-10-16(12-2-6-14(19)7-3-12)22-18-20-11-21-23(17)18/h2-11H,1H3. The molecule has 0 N–H and O–H groups in total. The maximum atomic E-state index is 5.97. The van der Waals surface area contributed by atoms with Crippen LogP contribution in [0.1, 0.15) is 0 Å². The Labute approximate surface area is 143 Å². The van der Waals surface area contributed by atoms with E-state index in [1.165, 1.54) is 6.33 Å². The predicted molar refractivity (Wildman–Crippen MR) is 93.2 cm³/mol. The van der Waals surface area contributed by atoms with E-state index in [9.17, 15) is 0 Å². The molecule has 0 aliphatic heterocycles. The fourth-order valence-corrected chi connectivity index (χ4v) is 2.67. The molecule has 24 heavy (non-hydrogen) atoms. The average Bonchev–Trinajstić information content (AvgIpc) is 3.10. The molecular formula is C18H13ClN4O. The summed E-state index contributed by atoms with van der Waals surface area (Å²) in [5, 5.41) is 4.97. The van der Waals surface area contributed by atoms with Crippen molar-refractivity contribution in [2.45, 2.75) is 0 Å². The zero-order valence-electron chi connectivity index (χ0n) is 12.8. The number of benzene rings is 2. The summed E-state index contributed by atoms with van der Waals surface area (Å²) in [6.45, 7) is 0. The van der Waals surface area contributed by atoms with Crippen LogP contribution in [0.15, 0.2) is 60.9 Å². The third-order valence-electron chi connectivity index (χ3n) is 3.78. The van der Waals surface area contributed by atoms with Crippen molar-refractivity contribution in [1.29, 1.82) is 0 Å². The van der Waals surface area contributed by atoms with Crippen LogP contribution in [0.3, 0.4) is 0 Å². The molecule has 6 heteroatoms. The Kier molecular flexibility index (Phi) is 3.63. The van der Waals surface area contributed by atoms with Crippen LogP contribution in [0.2, 0.25) is 5.02 Å². The fourth-order valence-electron chi connectivity index (χ4n) is 2.55. The van der Waals surface area contributed by atoms with Gasteiger partial charge in [-0.15, -0.1) is 0 Å². The number of methoxy groups -OCH3 is 1. The minimum Gasteiger partial charge on any atom is -0.497 e. The van der Waals surface area contributed by atoms with E-state index in [2.05, 4.69) is 15.1 Å². The van der Waals surface area contributed by atoms with Crippen molar-refractivity contribution in [2.24, 2.45) is 0 Å². The van der Waals surface area contributed by atoms with Crippen molar-refractivity contribution in [1.82, 2.24) is 19.6 Å². The first-order chi connectivity index (χ1) is 11.7. The summed E-state index contributed by atoms with van der Waals surface area (Å²) in [4.78, 5) is 8.81. The van der Waals surface area contributed by atoms with Crippen molar-refractivity contribution in [3.05, 3.63) is 65.9 Å². The van der Waals surface area contributed by atoms with Gasteiger partial charge in [0.25, 0.3) is 5.78 Å². The molecule has 0 bridgehead atoms. The number of nitrogens with zero attached hydrogens (tertiary/aromatic N) is 4. The first-order valence-corrected chi connectivity index (χ1v) is 7.73. The molecule has 5 nitrogen and oxygen atoms in total. The van der Waals surface area contributed by atoms with Crippen LogP contribution in [0.25, 0.3) is 28.3 Å². The Bertz CT molecular complexity index is 994. The van der Waals surface area contributed by atoms with E-state index in [0.29, 0.717) is 10.8 Å². The van der Waals surface area contributed by atoms with E-state index in [1.54, 1.807) is 11.6 Å². The van der Waals surface area contributed by atoms with Gasteiger partial charge in [0.1, 0.15) is 12.1 Å². The zero-order chi connectivity index (χ0) is 16.5. The van der Waals surface area contributed by atoms with Crippen LogP contribution in [-0.2, 0) is 0 Å². The number of fused-ring (bicyclic) bond motifs is 1. The molecule has 0 saturated heterocycles. The Morgan fingerprint density at radius 1 is 0.958 bits per heavy atom. The normalized spacial score (nSPS) is 10.9. The predicted octanol–water partition coefficient (Wildman–Crippen LogP) is 4.12. The summed E-state index contributed by atoms with van der Waals surface area (Å²) < 4.78 is 6.95. The summed E-state index contributed by atoms with van der Waals surface area (Å²) in [5.74, 6) is 1.36. The quantitative estimate of drug-likeness (QED) is 0.564. The topological polar surface area (TPSA) is 52.3 Å². The molecule has 0 aliphatic carbocycles. The summed E-state index contributed by atoms with van der Waals surface area (Å²) in [6.07, 6.45) is 1.50. The Morgan fingerprint density at radius 3 is 2.38 bits per heavy atom. The van der Waals surface area contributed by atoms with Gasteiger partial charge in [-0.1, -0.05) is 23.7 Å². The van der Waals surface area contributed by atoms with Crippen LogP contribution in [0.5, 0.6) is 5.75 Å². The minimum absolute atomic E-state index is 0.549.